The highest BCUT2D eigenvalue weighted by atomic mass is 16.6. The summed E-state index contributed by atoms with van der Waals surface area (Å²) in [6, 6.07) is 15.5. The van der Waals surface area contributed by atoms with E-state index >= 15 is 0 Å². The predicted molar refractivity (Wildman–Crippen MR) is 147 cm³/mol. The average Bonchev–Trinajstić information content (AvgIpc) is 3.67. The molecule has 0 saturated heterocycles. The van der Waals surface area contributed by atoms with Crippen LogP contribution >= 0.6 is 0 Å². The molecule has 1 amide bonds. The second kappa shape index (κ2) is 10.1. The highest BCUT2D eigenvalue weighted by Crippen LogP contribution is 2.40. The van der Waals surface area contributed by atoms with Gasteiger partial charge in [-0.25, -0.2) is 4.79 Å². The number of nitrogens with one attached hydrogen (secondary N) is 1. The third-order valence-electron chi connectivity index (χ3n) is 6.56. The number of nitrogens with zero attached hydrogens (tertiary/aromatic N) is 2. The Kier molecular flexibility index (Phi) is 6.76. The highest BCUT2D eigenvalue weighted by molar-refractivity contribution is 5.97. The fourth-order valence-corrected chi connectivity index (χ4v) is 4.24. The number of benzene rings is 2. The number of anilines is 1. The third kappa shape index (κ3) is 5.72. The monoisotopic (exact) mass is 529 g/mol. The van der Waals surface area contributed by atoms with Crippen LogP contribution in [0.2, 0.25) is 0 Å². The van der Waals surface area contributed by atoms with Gasteiger partial charge in [0.2, 0.25) is 5.91 Å². The first kappa shape index (κ1) is 26.2. The first-order chi connectivity index (χ1) is 18.5. The van der Waals surface area contributed by atoms with Crippen molar-refractivity contribution < 1.29 is 23.5 Å². The lowest BCUT2D eigenvalue weighted by Crippen LogP contribution is -2.30. The Hall–Kier alpha value is -4.40. The van der Waals surface area contributed by atoms with Gasteiger partial charge in [-0.3, -0.25) is 9.59 Å². The topological polar surface area (TPSA) is 113 Å². The molecule has 39 heavy (non-hydrogen) atoms. The molecule has 2 heterocycles. The van der Waals surface area contributed by atoms with Gasteiger partial charge in [0.15, 0.2) is 5.43 Å². The molecule has 202 valence electrons. The number of aromatic nitrogens is 2. The Labute approximate surface area is 225 Å². The molecule has 5 rings (SSSR count). The molecule has 1 unspecified atom stereocenters. The summed E-state index contributed by atoms with van der Waals surface area (Å²) in [6.45, 7) is 7.05. The van der Waals surface area contributed by atoms with Crippen LogP contribution in [0.15, 0.2) is 63.8 Å². The first-order valence-corrected chi connectivity index (χ1v) is 12.9. The number of amides is 1. The van der Waals surface area contributed by atoms with Crippen molar-refractivity contribution in [1.82, 2.24) is 9.78 Å². The normalized spacial score (nSPS) is 14.2. The highest BCUT2D eigenvalue weighted by Gasteiger charge is 2.31. The number of hydrogen-bond acceptors (Lipinski definition) is 7. The number of carbonyl (C=O) groups excluding carboxylic acids is 2. The molecule has 0 spiro atoms. The molecule has 0 bridgehead atoms. The summed E-state index contributed by atoms with van der Waals surface area (Å²) in [4.78, 5) is 39.0. The molecule has 0 aliphatic heterocycles. The molecule has 0 radical (unpaired) electrons. The van der Waals surface area contributed by atoms with E-state index in [0.29, 0.717) is 28.0 Å². The minimum absolute atomic E-state index is 0.214. The number of ether oxygens (including phenoxy) is 2. The number of fused-ring (bicyclic) bond motifs is 1. The zero-order valence-corrected chi connectivity index (χ0v) is 22.6. The lowest BCUT2D eigenvalue weighted by atomic mass is 9.98. The summed E-state index contributed by atoms with van der Waals surface area (Å²) in [5.74, 6) is 0.714. The molecular weight excluding hydrogens is 498 g/mol. The molecule has 1 N–H and O–H groups in total. The lowest BCUT2D eigenvalue weighted by Gasteiger charge is -2.20. The zero-order valence-electron chi connectivity index (χ0n) is 22.6. The fraction of sp³-hybridized carbons (Fsp3) is 0.333. The van der Waals surface area contributed by atoms with E-state index < -0.39 is 17.6 Å². The standard InChI is InChI=1S/C30H31N3O6/c1-17(28(35)31-27-15-23(18-6-7-18)32-33(27)29(36)39-30(2,3)4)20-10-13-25-22(14-20)24(34)16-26(38-25)19-8-11-21(37-5)12-9-19/h8-18H,6-7H2,1-5H3,(H,31,35). The van der Waals surface area contributed by atoms with Crippen LogP contribution in [0.4, 0.5) is 10.6 Å². The van der Waals surface area contributed by atoms with Crippen LogP contribution in [0, 0.1) is 0 Å². The summed E-state index contributed by atoms with van der Waals surface area (Å²) in [5.41, 5.74) is 1.63. The van der Waals surface area contributed by atoms with E-state index in [1.165, 1.54) is 6.07 Å². The molecule has 2 aromatic heterocycles. The van der Waals surface area contributed by atoms with Gasteiger partial charge in [-0.1, -0.05) is 6.07 Å². The Bertz CT molecular complexity index is 1610. The molecule has 9 nitrogen and oxygen atoms in total. The van der Waals surface area contributed by atoms with Crippen LogP contribution in [0.5, 0.6) is 5.75 Å². The van der Waals surface area contributed by atoms with Gasteiger partial charge in [-0.15, -0.1) is 4.68 Å². The van der Waals surface area contributed by atoms with E-state index in [4.69, 9.17) is 13.9 Å². The van der Waals surface area contributed by atoms with Crippen molar-refractivity contribution in [2.45, 2.75) is 58.0 Å². The molecule has 1 atom stereocenters. The summed E-state index contributed by atoms with van der Waals surface area (Å²) in [7, 11) is 1.59. The largest absolute Gasteiger partial charge is 0.497 e. The lowest BCUT2D eigenvalue weighted by molar-refractivity contribution is -0.117. The van der Waals surface area contributed by atoms with Gasteiger partial charge < -0.3 is 19.2 Å². The van der Waals surface area contributed by atoms with Crippen LogP contribution in [-0.2, 0) is 9.53 Å². The summed E-state index contributed by atoms with van der Waals surface area (Å²) in [5, 5.41) is 7.61. The van der Waals surface area contributed by atoms with E-state index in [2.05, 4.69) is 10.4 Å². The number of methoxy groups -OCH3 is 1. The smallest absolute Gasteiger partial charge is 0.437 e. The molecule has 1 saturated carbocycles. The Morgan fingerprint density at radius 2 is 1.79 bits per heavy atom. The maximum Gasteiger partial charge on any atom is 0.437 e. The summed E-state index contributed by atoms with van der Waals surface area (Å²) >= 11 is 0. The number of rotatable bonds is 6. The number of carbonyl (C=O) groups is 2. The van der Waals surface area contributed by atoms with Gasteiger partial charge in [-0.05, 0) is 82.5 Å². The fourth-order valence-electron chi connectivity index (χ4n) is 4.24. The molecule has 1 aliphatic carbocycles. The van der Waals surface area contributed by atoms with Gasteiger partial charge in [0.1, 0.15) is 28.5 Å². The van der Waals surface area contributed by atoms with E-state index in [-0.39, 0.29) is 23.1 Å². The molecule has 2 aromatic carbocycles. The molecule has 9 heteroatoms. The van der Waals surface area contributed by atoms with E-state index in [9.17, 15) is 14.4 Å². The molecule has 1 fully saturated rings. The van der Waals surface area contributed by atoms with Gasteiger partial charge in [0.25, 0.3) is 0 Å². The van der Waals surface area contributed by atoms with Crippen molar-refractivity contribution in [3.8, 4) is 17.1 Å². The van der Waals surface area contributed by atoms with Crippen LogP contribution in [0.25, 0.3) is 22.3 Å². The van der Waals surface area contributed by atoms with Crippen molar-refractivity contribution >= 4 is 28.8 Å². The van der Waals surface area contributed by atoms with Crippen molar-refractivity contribution in [3.63, 3.8) is 0 Å². The second-order valence-electron chi connectivity index (χ2n) is 10.8. The van der Waals surface area contributed by atoms with Crippen LogP contribution in [-0.4, -0.2) is 34.5 Å². The maximum absolute atomic E-state index is 13.3. The summed E-state index contributed by atoms with van der Waals surface area (Å²) < 4.78 is 17.8. The second-order valence-corrected chi connectivity index (χ2v) is 10.8. The Balaban J connectivity index is 1.39. The van der Waals surface area contributed by atoms with Crippen molar-refractivity contribution in [3.05, 3.63) is 76.1 Å². The van der Waals surface area contributed by atoms with Gasteiger partial charge in [0.05, 0.1) is 24.1 Å². The molecule has 4 aromatic rings. The van der Waals surface area contributed by atoms with Crippen molar-refractivity contribution in [2.75, 3.05) is 12.4 Å². The molecular formula is C30H31N3O6. The quantitative estimate of drug-likeness (QED) is 0.323. The van der Waals surface area contributed by atoms with Gasteiger partial charge in [0, 0.05) is 23.6 Å². The van der Waals surface area contributed by atoms with E-state index in [1.54, 1.807) is 71.2 Å². The SMILES string of the molecule is COc1ccc(-c2cc(=O)c3cc(C(C)C(=O)Nc4cc(C5CC5)nn4C(=O)OC(C)(C)C)ccc3o2)cc1. The van der Waals surface area contributed by atoms with Gasteiger partial charge in [-0.2, -0.15) is 5.10 Å². The van der Waals surface area contributed by atoms with Crippen molar-refractivity contribution in [2.24, 2.45) is 0 Å². The van der Waals surface area contributed by atoms with Crippen LogP contribution < -0.4 is 15.5 Å². The minimum Gasteiger partial charge on any atom is -0.497 e. The summed E-state index contributed by atoms with van der Waals surface area (Å²) in [6.07, 6.45) is 1.33. The Morgan fingerprint density at radius 1 is 1.08 bits per heavy atom. The van der Waals surface area contributed by atoms with Crippen LogP contribution in [0.3, 0.4) is 0 Å². The minimum atomic E-state index is -0.712. The average molecular weight is 530 g/mol. The number of hydrogen-bond donors (Lipinski definition) is 1. The third-order valence-corrected chi connectivity index (χ3v) is 6.56. The first-order valence-electron chi connectivity index (χ1n) is 12.9. The predicted octanol–water partition coefficient (Wildman–Crippen LogP) is 6.07. The van der Waals surface area contributed by atoms with E-state index in [1.807, 2.05) is 12.1 Å². The van der Waals surface area contributed by atoms with E-state index in [0.717, 1.165) is 28.8 Å². The zero-order chi connectivity index (χ0) is 27.9. The van der Waals surface area contributed by atoms with Crippen molar-refractivity contribution in [1.29, 1.82) is 0 Å². The molecule has 1 aliphatic rings. The van der Waals surface area contributed by atoms with Gasteiger partial charge >= 0.3 is 6.09 Å². The maximum atomic E-state index is 13.3. The van der Waals surface area contributed by atoms with Crippen LogP contribution in [0.1, 0.15) is 63.6 Å². The Morgan fingerprint density at radius 3 is 2.44 bits per heavy atom.